The summed E-state index contributed by atoms with van der Waals surface area (Å²) < 4.78 is 4.95. The molecule has 0 aliphatic rings. The minimum Gasteiger partial charge on any atom is -0.426 e. The molecule has 1 aromatic carbocycles. The van der Waals surface area contributed by atoms with Crippen LogP contribution in [0.15, 0.2) is 12.1 Å². The van der Waals surface area contributed by atoms with Crippen LogP contribution in [0.25, 0.3) is 0 Å². The highest BCUT2D eigenvalue weighted by atomic mass is 16.6. The van der Waals surface area contributed by atoms with Crippen LogP contribution in [0.1, 0.15) is 18.1 Å². The van der Waals surface area contributed by atoms with Crippen LogP contribution in [0, 0.1) is 24.0 Å². The standard InChI is InChI=1S/C10H11NO4/c1-6-4-9(11(13)14)5-7(2)10(6)15-8(3)12/h4-5H,1-3H3. The van der Waals surface area contributed by atoms with Crippen molar-refractivity contribution >= 4 is 11.7 Å². The maximum absolute atomic E-state index is 10.8. The van der Waals surface area contributed by atoms with Crippen molar-refractivity contribution in [2.45, 2.75) is 20.8 Å². The van der Waals surface area contributed by atoms with E-state index < -0.39 is 10.9 Å². The van der Waals surface area contributed by atoms with Crippen LogP contribution >= 0.6 is 0 Å². The van der Waals surface area contributed by atoms with Crippen molar-refractivity contribution in [3.05, 3.63) is 33.4 Å². The van der Waals surface area contributed by atoms with Crippen molar-refractivity contribution in [1.82, 2.24) is 0 Å². The van der Waals surface area contributed by atoms with E-state index in [1.54, 1.807) is 13.8 Å². The van der Waals surface area contributed by atoms with Crippen molar-refractivity contribution in [1.29, 1.82) is 0 Å². The van der Waals surface area contributed by atoms with Crippen LogP contribution in [0.2, 0.25) is 0 Å². The number of aryl methyl sites for hydroxylation is 2. The second-order valence-corrected chi connectivity index (χ2v) is 3.26. The largest absolute Gasteiger partial charge is 0.426 e. The Kier molecular flexibility index (Phi) is 3.04. The summed E-state index contributed by atoms with van der Waals surface area (Å²) in [6.07, 6.45) is 0. The lowest BCUT2D eigenvalue weighted by Crippen LogP contribution is -2.05. The number of carbonyl (C=O) groups excluding carboxylic acids is 1. The minimum absolute atomic E-state index is 0.000835. The number of esters is 1. The first-order chi connectivity index (χ1) is 6.91. The number of hydrogen-bond donors (Lipinski definition) is 0. The van der Waals surface area contributed by atoms with E-state index in [4.69, 9.17) is 4.74 Å². The molecule has 0 unspecified atom stereocenters. The van der Waals surface area contributed by atoms with Crippen LogP contribution in [0.4, 0.5) is 5.69 Å². The number of benzene rings is 1. The Hall–Kier alpha value is -1.91. The third-order valence-corrected chi connectivity index (χ3v) is 1.90. The highest BCUT2D eigenvalue weighted by molar-refractivity contribution is 5.70. The van der Waals surface area contributed by atoms with Crippen molar-refractivity contribution in [2.75, 3.05) is 0 Å². The van der Waals surface area contributed by atoms with Crippen molar-refractivity contribution < 1.29 is 14.5 Å². The lowest BCUT2D eigenvalue weighted by Gasteiger charge is -2.08. The molecule has 0 saturated carbocycles. The van der Waals surface area contributed by atoms with Crippen LogP contribution in [0.5, 0.6) is 5.75 Å². The van der Waals surface area contributed by atoms with Crippen molar-refractivity contribution in [3.63, 3.8) is 0 Å². The zero-order chi connectivity index (χ0) is 11.6. The molecule has 0 heterocycles. The van der Waals surface area contributed by atoms with Gasteiger partial charge in [0, 0.05) is 19.1 Å². The van der Waals surface area contributed by atoms with E-state index in [1.807, 2.05) is 0 Å². The van der Waals surface area contributed by atoms with E-state index in [9.17, 15) is 14.9 Å². The van der Waals surface area contributed by atoms with E-state index in [-0.39, 0.29) is 5.69 Å². The molecule has 0 spiro atoms. The summed E-state index contributed by atoms with van der Waals surface area (Å²) in [6, 6.07) is 2.76. The second kappa shape index (κ2) is 4.08. The molecule has 0 saturated heterocycles. The minimum atomic E-state index is -0.475. The molecule has 0 aliphatic carbocycles. The van der Waals surface area contributed by atoms with E-state index in [0.717, 1.165) is 0 Å². The number of carbonyl (C=O) groups is 1. The number of nitro benzene ring substituents is 1. The highest BCUT2D eigenvalue weighted by Gasteiger charge is 2.13. The average Bonchev–Trinajstić information content (AvgIpc) is 2.10. The smallest absolute Gasteiger partial charge is 0.308 e. The second-order valence-electron chi connectivity index (χ2n) is 3.26. The molecule has 0 aliphatic heterocycles. The molecule has 1 rings (SSSR count). The molecule has 0 aromatic heterocycles. The predicted molar refractivity (Wildman–Crippen MR) is 53.9 cm³/mol. The van der Waals surface area contributed by atoms with Gasteiger partial charge in [-0.2, -0.15) is 0 Å². The monoisotopic (exact) mass is 209 g/mol. The molecule has 5 nitrogen and oxygen atoms in total. The fraction of sp³-hybridized carbons (Fsp3) is 0.300. The topological polar surface area (TPSA) is 69.4 Å². The van der Waals surface area contributed by atoms with Crippen LogP contribution < -0.4 is 4.74 Å². The summed E-state index contributed by atoms with van der Waals surface area (Å²) in [6.45, 7) is 4.62. The number of nitro groups is 1. The Morgan fingerprint density at radius 2 is 1.80 bits per heavy atom. The maximum Gasteiger partial charge on any atom is 0.308 e. The van der Waals surface area contributed by atoms with Gasteiger partial charge in [-0.1, -0.05) is 0 Å². The molecule has 0 N–H and O–H groups in total. The molecule has 0 bridgehead atoms. The van der Waals surface area contributed by atoms with Gasteiger partial charge in [0.05, 0.1) is 4.92 Å². The molecule has 0 fully saturated rings. The Morgan fingerprint density at radius 1 is 1.33 bits per heavy atom. The Labute approximate surface area is 86.8 Å². The molecular formula is C10H11NO4. The predicted octanol–water partition coefficient (Wildman–Crippen LogP) is 2.14. The Balaban J connectivity index is 3.21. The van der Waals surface area contributed by atoms with Gasteiger partial charge in [0.25, 0.3) is 5.69 Å². The van der Waals surface area contributed by atoms with Gasteiger partial charge in [0.2, 0.25) is 0 Å². The quantitative estimate of drug-likeness (QED) is 0.324. The van der Waals surface area contributed by atoms with Gasteiger partial charge >= 0.3 is 5.97 Å². The fourth-order valence-electron chi connectivity index (χ4n) is 1.34. The summed E-state index contributed by atoms with van der Waals surface area (Å²) >= 11 is 0. The number of ether oxygens (including phenoxy) is 1. The van der Waals surface area contributed by atoms with Gasteiger partial charge in [-0.3, -0.25) is 14.9 Å². The normalized spacial score (nSPS) is 9.80. The van der Waals surface area contributed by atoms with Gasteiger partial charge in [-0.05, 0) is 25.0 Å². The first kappa shape index (κ1) is 11.2. The zero-order valence-corrected chi connectivity index (χ0v) is 8.73. The molecule has 5 heteroatoms. The maximum atomic E-state index is 10.8. The molecule has 15 heavy (non-hydrogen) atoms. The highest BCUT2D eigenvalue weighted by Crippen LogP contribution is 2.28. The zero-order valence-electron chi connectivity index (χ0n) is 8.73. The number of rotatable bonds is 2. The number of hydrogen-bond acceptors (Lipinski definition) is 4. The SMILES string of the molecule is CC(=O)Oc1c(C)cc([N+](=O)[O-])cc1C. The summed E-state index contributed by atoms with van der Waals surface area (Å²) in [5.41, 5.74) is 1.16. The molecular weight excluding hydrogens is 198 g/mol. The molecule has 0 amide bonds. The Morgan fingerprint density at radius 3 is 2.13 bits per heavy atom. The summed E-state index contributed by atoms with van der Waals surface area (Å²) in [4.78, 5) is 20.8. The molecule has 80 valence electrons. The van der Waals surface area contributed by atoms with E-state index in [0.29, 0.717) is 16.9 Å². The lowest BCUT2D eigenvalue weighted by molar-refractivity contribution is -0.385. The average molecular weight is 209 g/mol. The summed E-state index contributed by atoms with van der Waals surface area (Å²) in [7, 11) is 0. The third-order valence-electron chi connectivity index (χ3n) is 1.90. The van der Waals surface area contributed by atoms with Crippen LogP contribution in [-0.4, -0.2) is 10.9 Å². The summed E-state index contributed by atoms with van der Waals surface area (Å²) in [5, 5.41) is 10.5. The van der Waals surface area contributed by atoms with Gasteiger partial charge in [0.15, 0.2) is 0 Å². The van der Waals surface area contributed by atoms with Crippen molar-refractivity contribution in [3.8, 4) is 5.75 Å². The fourth-order valence-corrected chi connectivity index (χ4v) is 1.34. The van der Waals surface area contributed by atoms with Gasteiger partial charge in [0.1, 0.15) is 5.75 Å². The van der Waals surface area contributed by atoms with E-state index >= 15 is 0 Å². The number of nitrogens with zero attached hydrogens (tertiary/aromatic N) is 1. The molecule has 0 atom stereocenters. The van der Waals surface area contributed by atoms with Crippen molar-refractivity contribution in [2.24, 2.45) is 0 Å². The number of non-ortho nitro benzene ring substituents is 1. The Bertz CT molecular complexity index is 402. The summed E-state index contributed by atoms with van der Waals surface area (Å²) in [5.74, 6) is -0.0387. The van der Waals surface area contributed by atoms with Gasteiger partial charge in [-0.25, -0.2) is 0 Å². The third kappa shape index (κ3) is 2.52. The lowest BCUT2D eigenvalue weighted by atomic mass is 10.1. The first-order valence-corrected chi connectivity index (χ1v) is 4.36. The van der Waals surface area contributed by atoms with E-state index in [2.05, 4.69) is 0 Å². The van der Waals surface area contributed by atoms with Crippen LogP contribution in [-0.2, 0) is 4.79 Å². The molecule has 0 radical (unpaired) electrons. The molecule has 1 aromatic rings. The van der Waals surface area contributed by atoms with E-state index in [1.165, 1.54) is 19.1 Å². The van der Waals surface area contributed by atoms with Crippen LogP contribution in [0.3, 0.4) is 0 Å². The van der Waals surface area contributed by atoms with Gasteiger partial charge < -0.3 is 4.74 Å². The van der Waals surface area contributed by atoms with Gasteiger partial charge in [-0.15, -0.1) is 0 Å². The first-order valence-electron chi connectivity index (χ1n) is 4.36.